The van der Waals surface area contributed by atoms with Crippen LogP contribution in [0.5, 0.6) is 0 Å². The van der Waals surface area contributed by atoms with E-state index in [0.717, 1.165) is 12.8 Å². The Kier molecular flexibility index (Phi) is 2.04. The van der Waals surface area contributed by atoms with Crippen LogP contribution in [0.4, 0.5) is 0 Å². The minimum absolute atomic E-state index is 0.0570. The second kappa shape index (κ2) is 3.20. The molecule has 1 fully saturated rings. The highest BCUT2D eigenvalue weighted by Crippen LogP contribution is 2.37. The van der Waals surface area contributed by atoms with E-state index >= 15 is 0 Å². The molecule has 3 heteroatoms. The van der Waals surface area contributed by atoms with Gasteiger partial charge >= 0.3 is 0 Å². The van der Waals surface area contributed by atoms with Crippen molar-refractivity contribution in [3.63, 3.8) is 0 Å². The first-order valence-corrected chi connectivity index (χ1v) is 4.46. The van der Waals surface area contributed by atoms with Gasteiger partial charge in [0.1, 0.15) is 0 Å². The van der Waals surface area contributed by atoms with Crippen LogP contribution in [0.2, 0.25) is 0 Å². The summed E-state index contributed by atoms with van der Waals surface area (Å²) in [4.78, 5) is 0. The third-order valence-corrected chi connectivity index (χ3v) is 2.74. The van der Waals surface area contributed by atoms with E-state index in [9.17, 15) is 0 Å². The summed E-state index contributed by atoms with van der Waals surface area (Å²) in [7, 11) is 0. The quantitative estimate of drug-likeness (QED) is 0.521. The Morgan fingerprint density at radius 2 is 1.46 bits per heavy atom. The van der Waals surface area contributed by atoms with Gasteiger partial charge < -0.3 is 4.74 Å². The van der Waals surface area contributed by atoms with Crippen molar-refractivity contribution in [3.05, 3.63) is 12.2 Å². The van der Waals surface area contributed by atoms with Crippen LogP contribution in [0.1, 0.15) is 12.8 Å². The highest BCUT2D eigenvalue weighted by molar-refractivity contribution is 5.13. The number of hydrogen-bond acceptors (Lipinski definition) is 3. The largest absolute Gasteiger partial charge is 0.372 e. The molecule has 3 nitrogen and oxygen atoms in total. The third kappa shape index (κ3) is 1.22. The number of nitriles is 2. The van der Waals surface area contributed by atoms with Gasteiger partial charge in [-0.25, -0.2) is 0 Å². The molecule has 2 aliphatic rings. The van der Waals surface area contributed by atoms with Crippen molar-refractivity contribution in [2.24, 2.45) is 11.8 Å². The lowest BCUT2D eigenvalue weighted by Gasteiger charge is -2.10. The summed E-state index contributed by atoms with van der Waals surface area (Å²) < 4.78 is 5.62. The first-order valence-electron chi connectivity index (χ1n) is 4.46. The number of hydrogen-bond donors (Lipinski definition) is 0. The minimum Gasteiger partial charge on any atom is -0.372 e. The molecule has 4 atom stereocenters. The number of ether oxygens (including phenoxy) is 1. The molecule has 13 heavy (non-hydrogen) atoms. The maximum atomic E-state index is 8.90. The number of nitrogens with zero attached hydrogens (tertiary/aromatic N) is 2. The molecule has 2 bridgehead atoms. The summed E-state index contributed by atoms with van der Waals surface area (Å²) in [6.07, 6.45) is 5.52. The second-order valence-electron chi connectivity index (χ2n) is 3.47. The Bertz CT molecular complexity index is 280. The Morgan fingerprint density at radius 3 is 1.85 bits per heavy atom. The van der Waals surface area contributed by atoms with Crippen LogP contribution in [0, 0.1) is 34.5 Å². The average Bonchev–Trinajstić information content (AvgIpc) is 2.31. The molecule has 1 saturated heterocycles. The van der Waals surface area contributed by atoms with Crippen LogP contribution < -0.4 is 0 Å². The molecule has 2 rings (SSSR count). The standard InChI is InChI=1S/C10H10N2O/c11-5-7-8(6-12)10-4-2-1-3-9(7)13-10/h1-2,7-10H,3-4H2/t7-,8-,9-,10+/m0/s1. The first kappa shape index (κ1) is 8.29. The van der Waals surface area contributed by atoms with Gasteiger partial charge in [-0.3, -0.25) is 0 Å². The third-order valence-electron chi connectivity index (χ3n) is 2.74. The minimum atomic E-state index is -0.236. The fraction of sp³-hybridized carbons (Fsp3) is 0.600. The van der Waals surface area contributed by atoms with E-state index in [2.05, 4.69) is 12.1 Å². The molecule has 0 saturated carbocycles. The van der Waals surface area contributed by atoms with Gasteiger partial charge in [0.15, 0.2) is 0 Å². The van der Waals surface area contributed by atoms with E-state index in [4.69, 9.17) is 15.3 Å². The highest BCUT2D eigenvalue weighted by Gasteiger charge is 2.44. The fourth-order valence-electron chi connectivity index (χ4n) is 2.05. The van der Waals surface area contributed by atoms with Crippen molar-refractivity contribution < 1.29 is 4.74 Å². The predicted molar refractivity (Wildman–Crippen MR) is 45.2 cm³/mol. The fourth-order valence-corrected chi connectivity index (χ4v) is 2.05. The summed E-state index contributed by atoms with van der Waals surface area (Å²) in [5.74, 6) is -0.472. The van der Waals surface area contributed by atoms with Gasteiger partial charge in [0.2, 0.25) is 0 Å². The Labute approximate surface area is 77.2 Å². The summed E-state index contributed by atoms with van der Waals surface area (Å²) in [6.45, 7) is 0. The van der Waals surface area contributed by atoms with E-state index < -0.39 is 0 Å². The molecule has 66 valence electrons. The summed E-state index contributed by atoms with van der Waals surface area (Å²) in [5, 5.41) is 17.8. The van der Waals surface area contributed by atoms with E-state index in [1.54, 1.807) is 0 Å². The normalized spacial score (nSPS) is 42.0. The lowest BCUT2D eigenvalue weighted by molar-refractivity contribution is 0.0431. The van der Waals surface area contributed by atoms with Crippen LogP contribution >= 0.6 is 0 Å². The van der Waals surface area contributed by atoms with Gasteiger partial charge in [-0.15, -0.1) is 0 Å². The zero-order valence-corrected chi connectivity index (χ0v) is 7.18. The van der Waals surface area contributed by atoms with Crippen LogP contribution in [-0.4, -0.2) is 12.2 Å². The van der Waals surface area contributed by atoms with Crippen LogP contribution in [0.15, 0.2) is 12.2 Å². The van der Waals surface area contributed by atoms with E-state index in [0.29, 0.717) is 0 Å². The Balaban J connectivity index is 2.27. The molecule has 0 aromatic rings. The molecule has 0 aliphatic carbocycles. The molecule has 2 aliphatic heterocycles. The SMILES string of the molecule is N#C[C@H]1[C@H](C#N)[C@H]2CC=CC[C@@H]1O2. The maximum Gasteiger partial charge on any atom is 0.0911 e. The molecule has 0 radical (unpaired) electrons. The van der Waals surface area contributed by atoms with Crippen LogP contribution in [0.3, 0.4) is 0 Å². The van der Waals surface area contributed by atoms with E-state index in [1.165, 1.54) is 0 Å². The van der Waals surface area contributed by atoms with Crippen molar-refractivity contribution >= 4 is 0 Å². The van der Waals surface area contributed by atoms with E-state index in [-0.39, 0.29) is 24.0 Å². The zero-order valence-electron chi connectivity index (χ0n) is 7.18. The molecule has 2 heterocycles. The Hall–Kier alpha value is -1.32. The van der Waals surface area contributed by atoms with E-state index in [1.807, 2.05) is 12.2 Å². The highest BCUT2D eigenvalue weighted by atomic mass is 16.5. The van der Waals surface area contributed by atoms with Gasteiger partial charge in [-0.1, -0.05) is 12.2 Å². The Morgan fingerprint density at radius 1 is 1.00 bits per heavy atom. The average molecular weight is 174 g/mol. The van der Waals surface area contributed by atoms with Crippen LogP contribution in [0.25, 0.3) is 0 Å². The smallest absolute Gasteiger partial charge is 0.0911 e. The molecule has 0 N–H and O–H groups in total. The molecular formula is C10H10N2O. The van der Waals surface area contributed by atoms with Crippen molar-refractivity contribution in [3.8, 4) is 12.1 Å². The second-order valence-corrected chi connectivity index (χ2v) is 3.47. The number of rotatable bonds is 0. The first-order chi connectivity index (χ1) is 6.36. The molecular weight excluding hydrogens is 164 g/mol. The van der Waals surface area contributed by atoms with Gasteiger partial charge in [0.25, 0.3) is 0 Å². The van der Waals surface area contributed by atoms with Crippen molar-refractivity contribution in [2.45, 2.75) is 25.0 Å². The van der Waals surface area contributed by atoms with Crippen molar-refractivity contribution in [1.82, 2.24) is 0 Å². The van der Waals surface area contributed by atoms with Gasteiger partial charge in [-0.05, 0) is 12.8 Å². The molecule has 0 amide bonds. The summed E-state index contributed by atoms with van der Waals surface area (Å²) in [5.41, 5.74) is 0. The van der Waals surface area contributed by atoms with Gasteiger partial charge in [0, 0.05) is 0 Å². The number of fused-ring (bicyclic) bond motifs is 2. The molecule has 0 aromatic carbocycles. The van der Waals surface area contributed by atoms with Crippen molar-refractivity contribution in [2.75, 3.05) is 0 Å². The summed E-state index contributed by atoms with van der Waals surface area (Å²) in [6, 6.07) is 4.37. The monoisotopic (exact) mass is 174 g/mol. The molecule has 0 spiro atoms. The lowest BCUT2D eigenvalue weighted by atomic mass is 9.85. The maximum absolute atomic E-state index is 8.90. The molecule has 0 unspecified atom stereocenters. The van der Waals surface area contributed by atoms with Gasteiger partial charge in [-0.2, -0.15) is 10.5 Å². The molecule has 0 aromatic heterocycles. The van der Waals surface area contributed by atoms with Gasteiger partial charge in [0.05, 0.1) is 36.2 Å². The predicted octanol–water partition coefficient (Wildman–Crippen LogP) is 1.38. The van der Waals surface area contributed by atoms with Crippen LogP contribution in [-0.2, 0) is 4.74 Å². The lowest BCUT2D eigenvalue weighted by Crippen LogP contribution is -2.19. The zero-order chi connectivity index (χ0) is 9.26. The summed E-state index contributed by atoms with van der Waals surface area (Å²) >= 11 is 0. The van der Waals surface area contributed by atoms with Crippen molar-refractivity contribution in [1.29, 1.82) is 10.5 Å². The topological polar surface area (TPSA) is 56.8 Å².